The molecule has 1 aromatic heterocycles. The van der Waals surface area contributed by atoms with E-state index in [-0.39, 0.29) is 16.4 Å². The summed E-state index contributed by atoms with van der Waals surface area (Å²) in [6, 6.07) is 19.6. The highest BCUT2D eigenvalue weighted by molar-refractivity contribution is 7.99. The Labute approximate surface area is 227 Å². The topological polar surface area (TPSA) is 105 Å². The monoisotopic (exact) mass is 540 g/mol. The lowest BCUT2D eigenvalue weighted by molar-refractivity contribution is -0.387. The molecule has 2 amide bonds. The highest BCUT2D eigenvalue weighted by atomic mass is 32.2. The van der Waals surface area contributed by atoms with E-state index in [9.17, 15) is 19.7 Å². The number of nitro groups is 1. The Morgan fingerprint density at radius 1 is 1.00 bits per heavy atom. The largest absolute Gasteiger partial charge is 0.298 e. The second-order valence-electron chi connectivity index (χ2n) is 8.72. The zero-order valence-corrected chi connectivity index (χ0v) is 21.9. The van der Waals surface area contributed by atoms with Crippen LogP contribution in [0, 0.1) is 24.0 Å². The molecule has 0 spiro atoms. The average Bonchev–Trinajstić information content (AvgIpc) is 2.86. The van der Waals surface area contributed by atoms with Crippen molar-refractivity contribution in [3.05, 3.63) is 105 Å². The minimum atomic E-state index is -0.663. The Balaban J connectivity index is 1.51. The lowest BCUT2D eigenvalue weighted by atomic mass is 10.1. The molecule has 0 saturated carbocycles. The normalized spacial score (nSPS) is 14.7. The molecule has 5 rings (SSSR count). The minimum Gasteiger partial charge on any atom is -0.298 e. The van der Waals surface area contributed by atoms with Gasteiger partial charge in [0.25, 0.3) is 17.5 Å². The third-order valence-electron chi connectivity index (χ3n) is 5.87. The molecule has 0 bridgehead atoms. The number of carbonyl (C=O) groups is 2. The van der Waals surface area contributed by atoms with Crippen LogP contribution < -0.4 is 10.2 Å². The fourth-order valence-corrected chi connectivity index (χ4v) is 5.57. The number of fused-ring (bicyclic) bond motifs is 1. The summed E-state index contributed by atoms with van der Waals surface area (Å²) in [5, 5.41) is 15.4. The number of nitrogens with one attached hydrogen (secondary N) is 1. The average molecular weight is 541 g/mol. The molecule has 38 heavy (non-hydrogen) atoms. The predicted octanol–water partition coefficient (Wildman–Crippen LogP) is 5.74. The number of rotatable bonds is 5. The number of pyridine rings is 1. The number of aryl methyl sites for hydroxylation is 2. The van der Waals surface area contributed by atoms with Crippen molar-refractivity contribution in [3.8, 4) is 0 Å². The fraction of sp³-hybridized carbons (Fsp3) is 0.0714. The van der Waals surface area contributed by atoms with Crippen LogP contribution >= 0.6 is 24.0 Å². The number of amides is 2. The summed E-state index contributed by atoms with van der Waals surface area (Å²) in [5.41, 5.74) is 3.15. The third-order valence-corrected chi connectivity index (χ3v) is 7.27. The molecule has 2 heterocycles. The summed E-state index contributed by atoms with van der Waals surface area (Å²) in [5.74, 6) is -1.27. The Morgan fingerprint density at radius 2 is 1.74 bits per heavy atom. The zero-order chi connectivity index (χ0) is 27.0. The number of aromatic nitrogens is 1. The lowest BCUT2D eigenvalue weighted by Crippen LogP contribution is -2.54. The molecule has 1 N–H and O–H groups in total. The van der Waals surface area contributed by atoms with Gasteiger partial charge in [-0.05, 0) is 79.2 Å². The van der Waals surface area contributed by atoms with E-state index in [0.29, 0.717) is 16.1 Å². The van der Waals surface area contributed by atoms with Gasteiger partial charge >= 0.3 is 0 Å². The molecule has 0 aliphatic carbocycles. The molecule has 0 unspecified atom stereocenters. The van der Waals surface area contributed by atoms with Crippen molar-refractivity contribution in [1.82, 2.24) is 10.3 Å². The van der Waals surface area contributed by atoms with Gasteiger partial charge in [0.15, 0.2) is 5.11 Å². The van der Waals surface area contributed by atoms with Gasteiger partial charge in [0.05, 0.1) is 21.0 Å². The Bertz CT molecular complexity index is 1670. The van der Waals surface area contributed by atoms with Gasteiger partial charge in [-0.3, -0.25) is 34.9 Å². The highest BCUT2D eigenvalue weighted by Crippen LogP contribution is 2.38. The van der Waals surface area contributed by atoms with Gasteiger partial charge in [-0.1, -0.05) is 42.1 Å². The maximum absolute atomic E-state index is 13.4. The SMILES string of the molecule is Cc1cc(C)cc(N2C(=O)/C(=C/c3ccc(Sc4cccc5cccnc45)c([N+](=O)[O-])c3)C(=O)NC2=S)c1. The number of nitro benzene ring substituents is 1. The number of hydrogen-bond acceptors (Lipinski definition) is 7. The van der Waals surface area contributed by atoms with Gasteiger partial charge in [0.1, 0.15) is 5.57 Å². The molecule has 1 fully saturated rings. The van der Waals surface area contributed by atoms with Crippen molar-refractivity contribution >= 4 is 69.3 Å². The van der Waals surface area contributed by atoms with Crippen LogP contribution in [0.5, 0.6) is 0 Å². The van der Waals surface area contributed by atoms with Crippen LogP contribution in [-0.2, 0) is 9.59 Å². The molecule has 1 aliphatic heterocycles. The van der Waals surface area contributed by atoms with Gasteiger partial charge in [-0.25, -0.2) is 0 Å². The number of hydrogen-bond donors (Lipinski definition) is 1. The van der Waals surface area contributed by atoms with Gasteiger partial charge < -0.3 is 0 Å². The molecule has 10 heteroatoms. The summed E-state index contributed by atoms with van der Waals surface area (Å²) in [6.45, 7) is 3.80. The van der Waals surface area contributed by atoms with Crippen molar-refractivity contribution in [1.29, 1.82) is 0 Å². The Morgan fingerprint density at radius 3 is 2.47 bits per heavy atom. The van der Waals surface area contributed by atoms with Crippen molar-refractivity contribution in [2.45, 2.75) is 23.6 Å². The van der Waals surface area contributed by atoms with Crippen molar-refractivity contribution < 1.29 is 14.5 Å². The van der Waals surface area contributed by atoms with Crippen molar-refractivity contribution in [2.24, 2.45) is 0 Å². The molecule has 0 atom stereocenters. The summed E-state index contributed by atoms with van der Waals surface area (Å²) in [7, 11) is 0. The maximum Gasteiger partial charge on any atom is 0.283 e. The van der Waals surface area contributed by atoms with E-state index in [4.69, 9.17) is 12.2 Å². The number of thiocarbonyl (C=S) groups is 1. The number of anilines is 1. The number of benzene rings is 3. The second kappa shape index (κ2) is 10.2. The lowest BCUT2D eigenvalue weighted by Gasteiger charge is -2.29. The molecule has 188 valence electrons. The Kier molecular flexibility index (Phi) is 6.75. The molecule has 3 aromatic carbocycles. The quantitative estimate of drug-likeness (QED) is 0.113. The molecular formula is C28H20N4O4S2. The fourth-order valence-electron chi connectivity index (χ4n) is 4.27. The van der Waals surface area contributed by atoms with Crippen LogP contribution in [0.1, 0.15) is 16.7 Å². The number of para-hydroxylation sites is 1. The van der Waals surface area contributed by atoms with Crippen LogP contribution in [0.15, 0.2) is 88.3 Å². The van der Waals surface area contributed by atoms with E-state index in [1.165, 1.54) is 28.8 Å². The molecule has 8 nitrogen and oxygen atoms in total. The van der Waals surface area contributed by atoms with Crippen LogP contribution in [0.3, 0.4) is 0 Å². The smallest absolute Gasteiger partial charge is 0.283 e. The van der Waals surface area contributed by atoms with Gasteiger partial charge in [-0.2, -0.15) is 0 Å². The van der Waals surface area contributed by atoms with E-state index in [0.717, 1.165) is 26.9 Å². The molecular weight excluding hydrogens is 520 g/mol. The maximum atomic E-state index is 13.4. The van der Waals surface area contributed by atoms with E-state index >= 15 is 0 Å². The second-order valence-corrected chi connectivity index (χ2v) is 10.2. The standard InChI is InChI=1S/C28H20N4O4S2/c1-16-11-17(2)13-20(12-16)31-27(34)21(26(33)30-28(31)37)14-18-8-9-23(22(15-18)32(35)36)38-24-7-3-5-19-6-4-10-29-25(19)24/h3-15H,1-2H3,(H,30,33,37)/b21-14+. The summed E-state index contributed by atoms with van der Waals surface area (Å²) in [4.78, 5) is 44.5. The summed E-state index contributed by atoms with van der Waals surface area (Å²) in [6.07, 6.45) is 3.02. The van der Waals surface area contributed by atoms with E-state index in [1.54, 1.807) is 30.5 Å². The van der Waals surface area contributed by atoms with E-state index in [2.05, 4.69) is 10.3 Å². The summed E-state index contributed by atoms with van der Waals surface area (Å²) < 4.78 is 0. The molecule has 1 aliphatic rings. The van der Waals surface area contributed by atoms with Crippen molar-refractivity contribution in [3.63, 3.8) is 0 Å². The molecule has 1 saturated heterocycles. The zero-order valence-electron chi connectivity index (χ0n) is 20.3. The number of nitrogens with zero attached hydrogens (tertiary/aromatic N) is 3. The van der Waals surface area contributed by atoms with E-state index < -0.39 is 16.7 Å². The minimum absolute atomic E-state index is 0.0245. The first kappa shape index (κ1) is 25.2. The first-order valence-electron chi connectivity index (χ1n) is 11.5. The first-order valence-corrected chi connectivity index (χ1v) is 12.7. The Hall–Kier alpha value is -4.41. The van der Waals surface area contributed by atoms with Crippen LogP contribution in [-0.4, -0.2) is 26.8 Å². The predicted molar refractivity (Wildman–Crippen MR) is 151 cm³/mol. The van der Waals surface area contributed by atoms with Gasteiger partial charge in [0, 0.05) is 22.5 Å². The third kappa shape index (κ3) is 4.91. The van der Waals surface area contributed by atoms with E-state index in [1.807, 2.05) is 50.2 Å². The first-order chi connectivity index (χ1) is 18.2. The number of carbonyl (C=O) groups excluding carboxylic acids is 2. The van der Waals surface area contributed by atoms with Crippen LogP contribution in [0.25, 0.3) is 17.0 Å². The highest BCUT2D eigenvalue weighted by Gasteiger charge is 2.34. The van der Waals surface area contributed by atoms with Crippen LogP contribution in [0.4, 0.5) is 11.4 Å². The van der Waals surface area contributed by atoms with Gasteiger partial charge in [-0.15, -0.1) is 0 Å². The van der Waals surface area contributed by atoms with Gasteiger partial charge in [0.2, 0.25) is 0 Å². The molecule has 0 radical (unpaired) electrons. The molecule has 4 aromatic rings. The van der Waals surface area contributed by atoms with Crippen LogP contribution in [0.2, 0.25) is 0 Å². The van der Waals surface area contributed by atoms with Crippen molar-refractivity contribution in [2.75, 3.05) is 4.90 Å². The summed E-state index contributed by atoms with van der Waals surface area (Å²) >= 11 is 6.52.